The Balaban J connectivity index is 1.31. The smallest absolute Gasteiger partial charge is 0.245 e. The van der Waals surface area contributed by atoms with E-state index >= 15 is 0 Å². The number of ether oxygens (including phenoxy) is 2. The zero-order chi connectivity index (χ0) is 18.1. The molecule has 140 valence electrons. The molecule has 1 heterocycles. The largest absolute Gasteiger partial charge is 0.454 e. The molecule has 3 aliphatic rings. The van der Waals surface area contributed by atoms with E-state index in [-0.39, 0.29) is 31.1 Å². The van der Waals surface area contributed by atoms with Crippen LogP contribution in [-0.4, -0.2) is 42.4 Å². The summed E-state index contributed by atoms with van der Waals surface area (Å²) in [5.74, 6) is 1.93. The summed E-state index contributed by atoms with van der Waals surface area (Å²) in [5.41, 5.74) is 0.761. The molecule has 7 nitrogen and oxygen atoms in total. The van der Waals surface area contributed by atoms with Crippen molar-refractivity contribution in [3.8, 4) is 11.5 Å². The molecule has 1 aliphatic heterocycles. The summed E-state index contributed by atoms with van der Waals surface area (Å²) in [6.45, 7) is -0.236. The summed E-state index contributed by atoms with van der Waals surface area (Å²) in [6, 6.07) is 4.56. The number of benzene rings is 1. The molecule has 2 fully saturated rings. The number of hydrogen-bond acceptors (Lipinski definition) is 5. The van der Waals surface area contributed by atoms with Crippen molar-refractivity contribution >= 4 is 11.8 Å². The van der Waals surface area contributed by atoms with Crippen molar-refractivity contribution in [3.05, 3.63) is 23.8 Å². The number of aliphatic hydroxyl groups excluding tert-OH is 1. The van der Waals surface area contributed by atoms with E-state index in [0.717, 1.165) is 24.3 Å². The maximum absolute atomic E-state index is 12.4. The van der Waals surface area contributed by atoms with Gasteiger partial charge in [-0.25, -0.2) is 0 Å². The van der Waals surface area contributed by atoms with Gasteiger partial charge in [0.05, 0.1) is 13.0 Å². The third-order valence-corrected chi connectivity index (χ3v) is 5.70. The van der Waals surface area contributed by atoms with Gasteiger partial charge in [-0.2, -0.15) is 0 Å². The van der Waals surface area contributed by atoms with Crippen LogP contribution >= 0.6 is 0 Å². The highest BCUT2D eigenvalue weighted by molar-refractivity contribution is 5.88. The molecule has 2 saturated carbocycles. The van der Waals surface area contributed by atoms with Gasteiger partial charge in [-0.3, -0.25) is 9.59 Å². The minimum absolute atomic E-state index is 0.106. The Morgan fingerprint density at radius 1 is 1.19 bits per heavy atom. The Labute approximate surface area is 152 Å². The molecule has 3 unspecified atom stereocenters. The monoisotopic (exact) mass is 360 g/mol. The van der Waals surface area contributed by atoms with Gasteiger partial charge in [0, 0.05) is 6.04 Å². The summed E-state index contributed by atoms with van der Waals surface area (Å²) in [6.07, 6.45) is 4.72. The highest BCUT2D eigenvalue weighted by Crippen LogP contribution is 2.44. The summed E-state index contributed by atoms with van der Waals surface area (Å²) in [7, 11) is 0. The van der Waals surface area contributed by atoms with Gasteiger partial charge in [0.15, 0.2) is 11.5 Å². The van der Waals surface area contributed by atoms with Crippen molar-refractivity contribution in [2.24, 2.45) is 11.8 Å². The Hall–Kier alpha value is -2.28. The molecule has 4 atom stereocenters. The van der Waals surface area contributed by atoms with Gasteiger partial charge in [0.1, 0.15) is 6.04 Å². The van der Waals surface area contributed by atoms with E-state index < -0.39 is 12.6 Å². The van der Waals surface area contributed by atoms with Crippen LogP contribution in [0.1, 0.15) is 31.2 Å². The van der Waals surface area contributed by atoms with E-state index in [1.165, 1.54) is 12.8 Å². The van der Waals surface area contributed by atoms with Crippen LogP contribution in [0.5, 0.6) is 11.5 Å². The predicted molar refractivity (Wildman–Crippen MR) is 92.7 cm³/mol. The van der Waals surface area contributed by atoms with Crippen LogP contribution in [-0.2, 0) is 16.0 Å². The third kappa shape index (κ3) is 3.49. The molecule has 0 saturated heterocycles. The van der Waals surface area contributed by atoms with E-state index in [4.69, 9.17) is 9.47 Å². The Kier molecular flexibility index (Phi) is 4.72. The molecule has 0 aromatic heterocycles. The van der Waals surface area contributed by atoms with Gasteiger partial charge in [-0.05, 0) is 48.8 Å². The van der Waals surface area contributed by atoms with Gasteiger partial charge in [-0.15, -0.1) is 0 Å². The molecule has 0 radical (unpaired) electrons. The van der Waals surface area contributed by atoms with E-state index in [1.54, 1.807) is 18.2 Å². The fraction of sp³-hybridized carbons (Fsp3) is 0.579. The van der Waals surface area contributed by atoms with Gasteiger partial charge in [0.2, 0.25) is 18.6 Å². The zero-order valence-electron chi connectivity index (χ0n) is 14.6. The van der Waals surface area contributed by atoms with Gasteiger partial charge in [-0.1, -0.05) is 12.5 Å². The molecule has 26 heavy (non-hydrogen) atoms. The zero-order valence-corrected chi connectivity index (χ0v) is 14.6. The molecule has 2 amide bonds. The van der Waals surface area contributed by atoms with Gasteiger partial charge >= 0.3 is 0 Å². The van der Waals surface area contributed by atoms with Crippen molar-refractivity contribution in [1.82, 2.24) is 10.6 Å². The first-order valence-electron chi connectivity index (χ1n) is 9.21. The van der Waals surface area contributed by atoms with Crippen LogP contribution in [0.2, 0.25) is 0 Å². The fourth-order valence-corrected chi connectivity index (χ4v) is 4.38. The van der Waals surface area contributed by atoms with Gasteiger partial charge in [0.25, 0.3) is 0 Å². The molecule has 0 spiro atoms. The lowest BCUT2D eigenvalue weighted by Crippen LogP contribution is -2.52. The molecule has 3 N–H and O–H groups in total. The highest BCUT2D eigenvalue weighted by atomic mass is 16.7. The summed E-state index contributed by atoms with van der Waals surface area (Å²) in [5, 5.41) is 15.2. The third-order valence-electron chi connectivity index (χ3n) is 5.70. The first-order chi connectivity index (χ1) is 12.6. The minimum Gasteiger partial charge on any atom is -0.454 e. The lowest BCUT2D eigenvalue weighted by atomic mass is 9.95. The quantitative estimate of drug-likeness (QED) is 0.695. The SMILES string of the molecule is O=C(Cc1ccc2c(c1)OCO2)N[C@@H](CO)C(=O)NC1CC2CCC1C2. The summed E-state index contributed by atoms with van der Waals surface area (Å²) in [4.78, 5) is 24.7. The number of rotatable bonds is 6. The van der Waals surface area contributed by atoms with Crippen molar-refractivity contribution in [3.63, 3.8) is 0 Å². The average molecular weight is 360 g/mol. The van der Waals surface area contributed by atoms with Crippen LogP contribution in [0.15, 0.2) is 18.2 Å². The van der Waals surface area contributed by atoms with E-state index in [9.17, 15) is 14.7 Å². The van der Waals surface area contributed by atoms with Gasteiger partial charge < -0.3 is 25.2 Å². The number of aliphatic hydroxyl groups is 1. The predicted octanol–water partition coefficient (Wildman–Crippen LogP) is 0.740. The maximum Gasteiger partial charge on any atom is 0.245 e. The van der Waals surface area contributed by atoms with Crippen LogP contribution < -0.4 is 20.1 Å². The van der Waals surface area contributed by atoms with Crippen molar-refractivity contribution < 1.29 is 24.2 Å². The van der Waals surface area contributed by atoms with Crippen LogP contribution in [0.25, 0.3) is 0 Å². The number of nitrogens with one attached hydrogen (secondary N) is 2. The standard InChI is InChI=1S/C19H24N2O5/c22-9-15(19(24)21-14-6-11-1-3-13(14)5-11)20-18(23)8-12-2-4-16-17(7-12)26-10-25-16/h2,4,7,11,13-15,22H,1,3,5-6,8-10H2,(H,20,23)(H,21,24)/t11?,13?,14?,15-/m0/s1. The molecule has 7 heteroatoms. The topological polar surface area (TPSA) is 96.9 Å². The number of fused-ring (bicyclic) bond motifs is 3. The molecular weight excluding hydrogens is 336 g/mol. The highest BCUT2D eigenvalue weighted by Gasteiger charge is 2.40. The lowest BCUT2D eigenvalue weighted by molar-refractivity contribution is -0.130. The molecule has 2 bridgehead atoms. The molecule has 2 aliphatic carbocycles. The van der Waals surface area contributed by atoms with Crippen molar-refractivity contribution in [2.75, 3.05) is 13.4 Å². The normalized spacial score (nSPS) is 26.6. The van der Waals surface area contributed by atoms with Crippen LogP contribution in [0.4, 0.5) is 0 Å². The molecule has 1 aromatic carbocycles. The lowest BCUT2D eigenvalue weighted by Gasteiger charge is -2.25. The molecule has 4 rings (SSSR count). The van der Waals surface area contributed by atoms with Crippen LogP contribution in [0, 0.1) is 11.8 Å². The molecule has 1 aromatic rings. The van der Waals surface area contributed by atoms with E-state index in [0.29, 0.717) is 17.4 Å². The Morgan fingerprint density at radius 3 is 2.77 bits per heavy atom. The van der Waals surface area contributed by atoms with Crippen molar-refractivity contribution in [1.29, 1.82) is 0 Å². The number of carbonyl (C=O) groups excluding carboxylic acids is 2. The maximum atomic E-state index is 12.4. The fourth-order valence-electron chi connectivity index (χ4n) is 4.38. The Morgan fingerprint density at radius 2 is 2.04 bits per heavy atom. The average Bonchev–Trinajstić information content (AvgIpc) is 3.35. The second kappa shape index (κ2) is 7.15. The summed E-state index contributed by atoms with van der Waals surface area (Å²) < 4.78 is 10.5. The minimum atomic E-state index is -0.921. The van der Waals surface area contributed by atoms with E-state index in [1.807, 2.05) is 0 Å². The van der Waals surface area contributed by atoms with Crippen LogP contribution in [0.3, 0.4) is 0 Å². The van der Waals surface area contributed by atoms with E-state index in [2.05, 4.69) is 10.6 Å². The summed E-state index contributed by atoms with van der Waals surface area (Å²) >= 11 is 0. The Bertz CT molecular complexity index is 707. The number of carbonyl (C=O) groups is 2. The number of amides is 2. The first kappa shape index (κ1) is 17.1. The second-order valence-electron chi connectivity index (χ2n) is 7.46. The molecular formula is C19H24N2O5. The van der Waals surface area contributed by atoms with Crippen molar-refractivity contribution in [2.45, 2.75) is 44.2 Å². The first-order valence-corrected chi connectivity index (χ1v) is 9.21. The number of hydrogen-bond donors (Lipinski definition) is 3. The second-order valence-corrected chi connectivity index (χ2v) is 7.46.